The van der Waals surface area contributed by atoms with Crippen molar-refractivity contribution in [1.82, 2.24) is 14.1 Å². The third-order valence-electron chi connectivity index (χ3n) is 6.43. The Morgan fingerprint density at radius 3 is 2.31 bits per heavy atom. The van der Waals surface area contributed by atoms with Crippen molar-refractivity contribution in [3.05, 3.63) is 66.0 Å². The molecule has 0 aliphatic carbocycles. The van der Waals surface area contributed by atoms with Crippen LogP contribution in [0.1, 0.15) is 18.4 Å². The molecule has 0 aromatic heterocycles. The van der Waals surface area contributed by atoms with E-state index in [-0.39, 0.29) is 23.3 Å². The summed E-state index contributed by atoms with van der Waals surface area (Å²) in [5.74, 6) is -0.750. The molecule has 2 aliphatic heterocycles. The third kappa shape index (κ3) is 5.36. The molecule has 2 fully saturated rings. The molecule has 0 spiro atoms. The molecule has 4 rings (SSSR count). The van der Waals surface area contributed by atoms with Crippen LogP contribution in [0.3, 0.4) is 0 Å². The highest BCUT2D eigenvalue weighted by Gasteiger charge is 2.35. The van der Waals surface area contributed by atoms with Gasteiger partial charge < -0.3 is 4.90 Å². The fourth-order valence-corrected chi connectivity index (χ4v) is 6.02. The number of nitrogens with zero attached hydrogens (tertiary/aromatic N) is 3. The average Bonchev–Trinajstić information content (AvgIpc) is 2.83. The van der Waals surface area contributed by atoms with E-state index in [1.165, 1.54) is 22.0 Å². The SMILES string of the molecule is O=C(C1CCCN(S(=O)(=O)c2ccc(F)cc2)C1)N1CCN(CCc2ccccc2)CC1. The lowest BCUT2D eigenvalue weighted by Crippen LogP contribution is -2.53. The molecule has 0 N–H and O–H groups in total. The van der Waals surface area contributed by atoms with E-state index in [2.05, 4.69) is 29.2 Å². The van der Waals surface area contributed by atoms with E-state index < -0.39 is 15.8 Å². The number of hydrogen-bond donors (Lipinski definition) is 0. The van der Waals surface area contributed by atoms with E-state index in [4.69, 9.17) is 0 Å². The highest BCUT2D eigenvalue weighted by molar-refractivity contribution is 7.89. The van der Waals surface area contributed by atoms with Crippen LogP contribution in [0.2, 0.25) is 0 Å². The summed E-state index contributed by atoms with van der Waals surface area (Å²) in [5.41, 5.74) is 1.32. The van der Waals surface area contributed by atoms with Crippen molar-refractivity contribution >= 4 is 15.9 Å². The molecule has 2 saturated heterocycles. The molecule has 2 aromatic rings. The van der Waals surface area contributed by atoms with Gasteiger partial charge in [0.2, 0.25) is 15.9 Å². The second kappa shape index (κ2) is 10.1. The van der Waals surface area contributed by atoms with Gasteiger partial charge in [0.1, 0.15) is 5.82 Å². The van der Waals surface area contributed by atoms with Crippen LogP contribution in [-0.4, -0.2) is 74.2 Å². The van der Waals surface area contributed by atoms with Crippen LogP contribution in [0.4, 0.5) is 4.39 Å². The van der Waals surface area contributed by atoms with Crippen LogP contribution in [0.25, 0.3) is 0 Å². The lowest BCUT2D eigenvalue weighted by molar-refractivity contribution is -0.138. The first-order valence-corrected chi connectivity index (χ1v) is 12.7. The molecular formula is C24H30FN3O3S. The molecule has 172 valence electrons. The first-order chi connectivity index (χ1) is 15.4. The first-order valence-electron chi connectivity index (χ1n) is 11.2. The minimum Gasteiger partial charge on any atom is -0.340 e. The lowest BCUT2D eigenvalue weighted by Gasteiger charge is -2.38. The van der Waals surface area contributed by atoms with Gasteiger partial charge in [-0.2, -0.15) is 4.31 Å². The second-order valence-corrected chi connectivity index (χ2v) is 10.5. The van der Waals surface area contributed by atoms with Gasteiger partial charge in [0.15, 0.2) is 0 Å². The summed E-state index contributed by atoms with van der Waals surface area (Å²) in [6.07, 6.45) is 2.34. The number of carbonyl (C=O) groups is 1. The number of amides is 1. The molecule has 2 aromatic carbocycles. The number of rotatable bonds is 6. The zero-order valence-electron chi connectivity index (χ0n) is 18.2. The van der Waals surface area contributed by atoms with Gasteiger partial charge in [-0.3, -0.25) is 9.69 Å². The normalized spacial score (nSPS) is 20.9. The number of piperazine rings is 1. The molecule has 32 heavy (non-hydrogen) atoms. The minimum absolute atomic E-state index is 0.0479. The van der Waals surface area contributed by atoms with Gasteiger partial charge in [-0.15, -0.1) is 0 Å². The Labute approximate surface area is 189 Å². The van der Waals surface area contributed by atoms with Crippen molar-refractivity contribution in [2.45, 2.75) is 24.2 Å². The molecule has 2 aliphatic rings. The molecule has 0 radical (unpaired) electrons. The number of halogens is 1. The fourth-order valence-electron chi connectivity index (χ4n) is 4.50. The molecule has 0 bridgehead atoms. The standard InChI is InChI=1S/C24H30FN3O3S/c25-22-8-10-23(11-9-22)32(30,31)28-13-4-7-21(19-28)24(29)27-17-15-26(16-18-27)14-12-20-5-2-1-3-6-20/h1-3,5-6,8-11,21H,4,7,12-19H2. The summed E-state index contributed by atoms with van der Waals surface area (Å²) < 4.78 is 40.5. The topological polar surface area (TPSA) is 60.9 Å². The summed E-state index contributed by atoms with van der Waals surface area (Å²) in [4.78, 5) is 17.5. The van der Waals surface area contributed by atoms with E-state index in [1.807, 2.05) is 11.0 Å². The molecule has 0 saturated carbocycles. The number of hydrogen-bond acceptors (Lipinski definition) is 4. The van der Waals surface area contributed by atoms with Crippen LogP contribution >= 0.6 is 0 Å². The Bertz CT molecular complexity index is 1010. The smallest absolute Gasteiger partial charge is 0.243 e. The third-order valence-corrected chi connectivity index (χ3v) is 8.31. The molecule has 1 unspecified atom stereocenters. The Morgan fingerprint density at radius 2 is 1.62 bits per heavy atom. The second-order valence-electron chi connectivity index (χ2n) is 8.56. The Kier molecular flexibility index (Phi) is 7.23. The average molecular weight is 460 g/mol. The molecule has 8 heteroatoms. The molecule has 1 amide bonds. The van der Waals surface area contributed by atoms with E-state index in [0.717, 1.165) is 38.2 Å². The van der Waals surface area contributed by atoms with Crippen LogP contribution < -0.4 is 0 Å². The van der Waals surface area contributed by atoms with Gasteiger partial charge in [-0.1, -0.05) is 30.3 Å². The molecular weight excluding hydrogens is 429 g/mol. The van der Waals surface area contributed by atoms with Crippen molar-refractivity contribution in [2.24, 2.45) is 5.92 Å². The van der Waals surface area contributed by atoms with Gasteiger partial charge in [0, 0.05) is 45.8 Å². The Morgan fingerprint density at radius 1 is 0.938 bits per heavy atom. The van der Waals surface area contributed by atoms with Crippen LogP contribution in [0.15, 0.2) is 59.5 Å². The maximum Gasteiger partial charge on any atom is 0.243 e. The van der Waals surface area contributed by atoms with Crippen LogP contribution in [0.5, 0.6) is 0 Å². The van der Waals surface area contributed by atoms with Gasteiger partial charge >= 0.3 is 0 Å². The molecule has 2 heterocycles. The Balaban J connectivity index is 1.30. The van der Waals surface area contributed by atoms with E-state index >= 15 is 0 Å². The number of sulfonamides is 1. The van der Waals surface area contributed by atoms with Crippen LogP contribution in [-0.2, 0) is 21.2 Å². The van der Waals surface area contributed by atoms with E-state index in [9.17, 15) is 17.6 Å². The molecule has 1 atom stereocenters. The zero-order valence-corrected chi connectivity index (χ0v) is 19.0. The van der Waals surface area contributed by atoms with Crippen molar-refractivity contribution in [3.63, 3.8) is 0 Å². The summed E-state index contributed by atoms with van der Waals surface area (Å²) in [6, 6.07) is 15.3. The Hall–Kier alpha value is -2.29. The summed E-state index contributed by atoms with van der Waals surface area (Å²) in [6.45, 7) is 4.57. The zero-order chi connectivity index (χ0) is 22.6. The maximum atomic E-state index is 13.2. The quantitative estimate of drug-likeness (QED) is 0.666. The monoisotopic (exact) mass is 459 g/mol. The van der Waals surface area contributed by atoms with Crippen molar-refractivity contribution in [3.8, 4) is 0 Å². The van der Waals surface area contributed by atoms with Gasteiger partial charge in [0.05, 0.1) is 10.8 Å². The largest absolute Gasteiger partial charge is 0.340 e. The molecule has 6 nitrogen and oxygen atoms in total. The highest BCUT2D eigenvalue weighted by Crippen LogP contribution is 2.25. The van der Waals surface area contributed by atoms with Gasteiger partial charge in [-0.05, 0) is 49.1 Å². The number of benzene rings is 2. The minimum atomic E-state index is -3.73. The first kappa shape index (κ1) is 22.9. The van der Waals surface area contributed by atoms with Crippen molar-refractivity contribution in [2.75, 3.05) is 45.8 Å². The van der Waals surface area contributed by atoms with E-state index in [0.29, 0.717) is 32.5 Å². The predicted molar refractivity (Wildman–Crippen MR) is 121 cm³/mol. The van der Waals surface area contributed by atoms with Crippen molar-refractivity contribution < 1.29 is 17.6 Å². The van der Waals surface area contributed by atoms with Gasteiger partial charge in [-0.25, -0.2) is 12.8 Å². The number of carbonyl (C=O) groups excluding carboxylic acids is 1. The van der Waals surface area contributed by atoms with Gasteiger partial charge in [0.25, 0.3) is 0 Å². The summed E-state index contributed by atoms with van der Waals surface area (Å²) in [7, 11) is -3.73. The number of piperidine rings is 1. The van der Waals surface area contributed by atoms with Crippen LogP contribution in [0, 0.1) is 11.7 Å². The summed E-state index contributed by atoms with van der Waals surface area (Å²) >= 11 is 0. The lowest BCUT2D eigenvalue weighted by atomic mass is 9.97. The highest BCUT2D eigenvalue weighted by atomic mass is 32.2. The predicted octanol–water partition coefficient (Wildman–Crippen LogP) is 2.61. The fraction of sp³-hybridized carbons (Fsp3) is 0.458. The maximum absolute atomic E-state index is 13.2. The van der Waals surface area contributed by atoms with E-state index in [1.54, 1.807) is 0 Å². The summed E-state index contributed by atoms with van der Waals surface area (Å²) in [5, 5.41) is 0. The van der Waals surface area contributed by atoms with Crippen molar-refractivity contribution in [1.29, 1.82) is 0 Å².